The number of fused-ring (bicyclic) bond motifs is 1. The molecule has 0 aliphatic heterocycles. The summed E-state index contributed by atoms with van der Waals surface area (Å²) >= 11 is 1.76. The van der Waals surface area contributed by atoms with E-state index in [4.69, 9.17) is 10.7 Å². The highest BCUT2D eigenvalue weighted by Crippen LogP contribution is 2.22. The largest absolute Gasteiger partial charge is 0.341 e. The summed E-state index contributed by atoms with van der Waals surface area (Å²) in [6.07, 6.45) is 4.38. The van der Waals surface area contributed by atoms with Crippen LogP contribution < -0.4 is 5.73 Å². The highest BCUT2D eigenvalue weighted by molar-refractivity contribution is 7.09. The van der Waals surface area contributed by atoms with Crippen LogP contribution in [0.25, 0.3) is 10.9 Å². The van der Waals surface area contributed by atoms with Crippen LogP contribution in [0.1, 0.15) is 29.6 Å². The second-order valence-electron chi connectivity index (χ2n) is 4.99. The van der Waals surface area contributed by atoms with Gasteiger partial charge in [-0.3, -0.25) is 0 Å². The number of para-hydroxylation sites is 1. The van der Waals surface area contributed by atoms with Crippen molar-refractivity contribution < 1.29 is 0 Å². The molecule has 2 aromatic heterocycles. The van der Waals surface area contributed by atoms with Crippen LogP contribution in [0.4, 0.5) is 0 Å². The van der Waals surface area contributed by atoms with Crippen LogP contribution in [0.2, 0.25) is 0 Å². The first-order valence-electron chi connectivity index (χ1n) is 7.02. The number of aryl methyl sites for hydroxylation is 1. The smallest absolute Gasteiger partial charge is 0.0928 e. The van der Waals surface area contributed by atoms with Crippen molar-refractivity contribution in [1.29, 1.82) is 0 Å². The van der Waals surface area contributed by atoms with E-state index in [0.717, 1.165) is 25.1 Å². The summed E-state index contributed by atoms with van der Waals surface area (Å²) < 4.78 is 2.25. The molecule has 3 rings (SSSR count). The molecule has 3 aromatic rings. The molecule has 0 amide bonds. The molecule has 1 aromatic carbocycles. The second-order valence-corrected chi connectivity index (χ2v) is 5.93. The van der Waals surface area contributed by atoms with Gasteiger partial charge in [-0.25, -0.2) is 4.98 Å². The van der Waals surface area contributed by atoms with Crippen molar-refractivity contribution in [3.63, 3.8) is 0 Å². The molecular formula is C16H19N3S. The molecule has 0 atom stereocenters. The maximum absolute atomic E-state index is 5.84. The van der Waals surface area contributed by atoms with E-state index in [1.54, 1.807) is 11.3 Å². The van der Waals surface area contributed by atoms with Crippen molar-refractivity contribution in [2.24, 2.45) is 5.73 Å². The van der Waals surface area contributed by atoms with Gasteiger partial charge in [0.15, 0.2) is 0 Å². The second kappa shape index (κ2) is 5.77. The van der Waals surface area contributed by atoms with E-state index in [-0.39, 0.29) is 0 Å². The summed E-state index contributed by atoms with van der Waals surface area (Å²) in [4.78, 5) is 4.70. The molecule has 0 radical (unpaired) electrons. The summed E-state index contributed by atoms with van der Waals surface area (Å²) in [5, 5.41) is 4.65. The monoisotopic (exact) mass is 285 g/mol. The number of benzene rings is 1. The molecule has 0 aliphatic rings. The molecule has 2 heterocycles. The lowest BCUT2D eigenvalue weighted by Crippen LogP contribution is -1.99. The van der Waals surface area contributed by atoms with Gasteiger partial charge in [0.2, 0.25) is 0 Å². The highest BCUT2D eigenvalue weighted by atomic mass is 32.1. The lowest BCUT2D eigenvalue weighted by molar-refractivity contribution is 0.797. The van der Waals surface area contributed by atoms with Gasteiger partial charge in [0.25, 0.3) is 0 Å². The van der Waals surface area contributed by atoms with E-state index in [0.29, 0.717) is 6.54 Å². The molecule has 0 fully saturated rings. The fraction of sp³-hybridized carbons (Fsp3) is 0.312. The Hall–Kier alpha value is -1.65. The summed E-state index contributed by atoms with van der Waals surface area (Å²) in [7, 11) is 0. The lowest BCUT2D eigenvalue weighted by Gasteiger charge is -2.02. The number of hydrogen-bond acceptors (Lipinski definition) is 3. The number of nitrogens with two attached hydrogens (primary N) is 1. The number of nitrogens with zero attached hydrogens (tertiary/aromatic N) is 2. The molecule has 20 heavy (non-hydrogen) atoms. The molecule has 0 saturated heterocycles. The Morgan fingerprint density at radius 2 is 2.15 bits per heavy atom. The molecule has 0 bridgehead atoms. The number of aromatic nitrogens is 2. The van der Waals surface area contributed by atoms with Gasteiger partial charge in [-0.2, -0.15) is 0 Å². The van der Waals surface area contributed by atoms with Crippen LogP contribution in [0.3, 0.4) is 0 Å². The fourth-order valence-corrected chi connectivity index (χ4v) is 3.43. The Kier molecular flexibility index (Phi) is 3.85. The van der Waals surface area contributed by atoms with Gasteiger partial charge in [0, 0.05) is 29.0 Å². The predicted molar refractivity (Wildman–Crippen MR) is 85.0 cm³/mol. The maximum Gasteiger partial charge on any atom is 0.0928 e. The van der Waals surface area contributed by atoms with E-state index in [9.17, 15) is 0 Å². The Balaban J connectivity index is 1.93. The highest BCUT2D eigenvalue weighted by Gasteiger charge is 2.08. The number of hydrogen-bond donors (Lipinski definition) is 1. The third-order valence-corrected chi connectivity index (χ3v) is 4.44. The topological polar surface area (TPSA) is 43.8 Å². The van der Waals surface area contributed by atoms with Gasteiger partial charge >= 0.3 is 0 Å². The fourth-order valence-electron chi connectivity index (χ4n) is 2.54. The Bertz CT molecular complexity index is 711. The molecule has 4 heteroatoms. The average molecular weight is 285 g/mol. The summed E-state index contributed by atoms with van der Waals surface area (Å²) in [5.41, 5.74) is 9.41. The molecule has 0 spiro atoms. The Labute approximate surface area is 123 Å². The van der Waals surface area contributed by atoms with E-state index in [1.807, 2.05) is 0 Å². The Morgan fingerprint density at radius 3 is 2.95 bits per heavy atom. The zero-order valence-electron chi connectivity index (χ0n) is 11.7. The van der Waals surface area contributed by atoms with E-state index >= 15 is 0 Å². The van der Waals surface area contributed by atoms with Gasteiger partial charge < -0.3 is 10.3 Å². The first-order valence-corrected chi connectivity index (χ1v) is 7.90. The van der Waals surface area contributed by atoms with Crippen molar-refractivity contribution in [3.8, 4) is 0 Å². The number of rotatable bonds is 5. The molecular weight excluding hydrogens is 266 g/mol. The molecule has 104 valence electrons. The van der Waals surface area contributed by atoms with Crippen molar-refractivity contribution in [3.05, 3.63) is 52.1 Å². The zero-order chi connectivity index (χ0) is 13.9. The molecule has 2 N–H and O–H groups in total. The summed E-state index contributed by atoms with van der Waals surface area (Å²) in [6.45, 7) is 3.58. The van der Waals surface area contributed by atoms with Crippen molar-refractivity contribution in [2.75, 3.05) is 0 Å². The average Bonchev–Trinajstić information content (AvgIpc) is 3.05. The van der Waals surface area contributed by atoms with Crippen molar-refractivity contribution >= 4 is 22.2 Å². The zero-order valence-corrected chi connectivity index (χ0v) is 12.5. The Morgan fingerprint density at radius 1 is 1.30 bits per heavy atom. The SMILES string of the molecule is CCCc1nc(Cn2cc(CN)c3ccccc32)cs1. The van der Waals surface area contributed by atoms with Gasteiger partial charge in [-0.1, -0.05) is 25.1 Å². The van der Waals surface area contributed by atoms with Gasteiger partial charge in [-0.05, 0) is 24.5 Å². The van der Waals surface area contributed by atoms with Crippen LogP contribution in [-0.2, 0) is 19.5 Å². The van der Waals surface area contributed by atoms with Crippen LogP contribution in [0.5, 0.6) is 0 Å². The van der Waals surface area contributed by atoms with Crippen LogP contribution in [0.15, 0.2) is 35.8 Å². The molecule has 0 saturated carbocycles. The maximum atomic E-state index is 5.84. The normalized spacial score (nSPS) is 11.3. The molecule has 0 aliphatic carbocycles. The van der Waals surface area contributed by atoms with E-state index in [2.05, 4.69) is 47.3 Å². The standard InChI is InChI=1S/C16H19N3S/c1-2-5-16-18-13(11-20-16)10-19-9-12(8-17)14-6-3-4-7-15(14)19/h3-4,6-7,9,11H,2,5,8,10,17H2,1H3. The van der Waals surface area contributed by atoms with Crippen LogP contribution in [0, 0.1) is 0 Å². The summed E-state index contributed by atoms with van der Waals surface area (Å²) in [5.74, 6) is 0. The van der Waals surface area contributed by atoms with Gasteiger partial charge in [0.05, 0.1) is 17.2 Å². The molecule has 0 unspecified atom stereocenters. The number of thiazole rings is 1. The minimum atomic E-state index is 0.575. The van der Waals surface area contributed by atoms with Crippen LogP contribution in [-0.4, -0.2) is 9.55 Å². The minimum Gasteiger partial charge on any atom is -0.341 e. The van der Waals surface area contributed by atoms with Crippen LogP contribution >= 0.6 is 11.3 Å². The van der Waals surface area contributed by atoms with Crippen molar-refractivity contribution in [1.82, 2.24) is 9.55 Å². The lowest BCUT2D eigenvalue weighted by atomic mass is 10.2. The van der Waals surface area contributed by atoms with E-state index in [1.165, 1.54) is 21.5 Å². The van der Waals surface area contributed by atoms with Gasteiger partial charge in [-0.15, -0.1) is 11.3 Å². The first kappa shape index (κ1) is 13.3. The van der Waals surface area contributed by atoms with Gasteiger partial charge in [0.1, 0.15) is 0 Å². The first-order chi connectivity index (χ1) is 9.81. The third kappa shape index (κ3) is 2.49. The quantitative estimate of drug-likeness (QED) is 0.779. The third-order valence-electron chi connectivity index (χ3n) is 3.49. The van der Waals surface area contributed by atoms with E-state index < -0.39 is 0 Å². The molecule has 3 nitrogen and oxygen atoms in total. The minimum absolute atomic E-state index is 0.575. The predicted octanol–water partition coefficient (Wildman–Crippen LogP) is 3.56. The summed E-state index contributed by atoms with van der Waals surface area (Å²) in [6, 6.07) is 8.42. The van der Waals surface area contributed by atoms with Crippen molar-refractivity contribution in [2.45, 2.75) is 32.9 Å².